The molecule has 4 rings (SSSR count). The number of pyridine rings is 1. The van der Waals surface area contributed by atoms with E-state index in [0.29, 0.717) is 34.9 Å². The van der Waals surface area contributed by atoms with Gasteiger partial charge in [-0.2, -0.15) is 4.98 Å². The van der Waals surface area contributed by atoms with E-state index in [2.05, 4.69) is 25.9 Å². The number of hydrogen-bond acceptors (Lipinski definition) is 5. The smallest absolute Gasteiger partial charge is 0.237 e. The molecule has 1 atom stereocenters. The number of rotatable bonds is 4. The Hall–Kier alpha value is -1.88. The summed E-state index contributed by atoms with van der Waals surface area (Å²) in [5, 5.41) is 0.451. The Kier molecular flexibility index (Phi) is 3.60. The first-order valence-electron chi connectivity index (χ1n) is 8.05. The van der Waals surface area contributed by atoms with Crippen molar-refractivity contribution in [3.05, 3.63) is 41.3 Å². The van der Waals surface area contributed by atoms with Crippen molar-refractivity contribution in [2.75, 3.05) is 18.1 Å². The lowest BCUT2D eigenvalue weighted by atomic mass is 9.57. The molecular formula is C17H19ClN4O. The van der Waals surface area contributed by atoms with Gasteiger partial charge >= 0.3 is 0 Å². The second-order valence-corrected chi connectivity index (χ2v) is 6.70. The lowest BCUT2D eigenvalue weighted by molar-refractivity contribution is 0.0265. The fourth-order valence-corrected chi connectivity index (χ4v) is 3.92. The van der Waals surface area contributed by atoms with Crippen LogP contribution < -0.4 is 9.64 Å². The van der Waals surface area contributed by atoms with Gasteiger partial charge in [0.2, 0.25) is 11.8 Å². The highest BCUT2D eigenvalue weighted by atomic mass is 35.5. The summed E-state index contributed by atoms with van der Waals surface area (Å²) >= 11 is 6.11. The minimum atomic E-state index is 0.292. The Balaban J connectivity index is 1.67. The van der Waals surface area contributed by atoms with Gasteiger partial charge in [-0.05, 0) is 31.4 Å². The van der Waals surface area contributed by atoms with Crippen molar-refractivity contribution in [3.8, 4) is 5.88 Å². The van der Waals surface area contributed by atoms with Gasteiger partial charge in [-0.15, -0.1) is 0 Å². The first-order valence-corrected chi connectivity index (χ1v) is 8.43. The Morgan fingerprint density at radius 3 is 2.91 bits per heavy atom. The molecule has 2 fully saturated rings. The Labute approximate surface area is 140 Å². The van der Waals surface area contributed by atoms with E-state index in [1.165, 1.54) is 24.8 Å². The van der Waals surface area contributed by atoms with Crippen LogP contribution in [0.3, 0.4) is 0 Å². The second kappa shape index (κ2) is 5.64. The van der Waals surface area contributed by atoms with E-state index in [-0.39, 0.29) is 0 Å². The van der Waals surface area contributed by atoms with E-state index in [0.717, 1.165) is 6.54 Å². The van der Waals surface area contributed by atoms with E-state index >= 15 is 0 Å². The van der Waals surface area contributed by atoms with Crippen LogP contribution in [0.5, 0.6) is 5.88 Å². The molecule has 23 heavy (non-hydrogen) atoms. The van der Waals surface area contributed by atoms with Crippen LogP contribution in [-0.2, 0) is 0 Å². The normalized spacial score (nSPS) is 21.7. The lowest BCUT2D eigenvalue weighted by Gasteiger charge is -2.62. The summed E-state index contributed by atoms with van der Waals surface area (Å²) in [5.74, 6) is 1.14. The Morgan fingerprint density at radius 1 is 1.39 bits per heavy atom. The fourth-order valence-electron chi connectivity index (χ4n) is 3.77. The van der Waals surface area contributed by atoms with Crippen LogP contribution >= 0.6 is 11.6 Å². The molecule has 0 radical (unpaired) electrons. The molecule has 1 aliphatic heterocycles. The average molecular weight is 331 g/mol. The van der Waals surface area contributed by atoms with Gasteiger partial charge < -0.3 is 9.64 Å². The molecule has 6 heteroatoms. The molecular weight excluding hydrogens is 312 g/mol. The van der Waals surface area contributed by atoms with Crippen molar-refractivity contribution in [2.45, 2.75) is 32.2 Å². The maximum Gasteiger partial charge on any atom is 0.237 e. The zero-order chi connectivity index (χ0) is 15.9. The van der Waals surface area contributed by atoms with Gasteiger partial charge in [-0.25, -0.2) is 4.98 Å². The van der Waals surface area contributed by atoms with Crippen LogP contribution in [0.4, 0.5) is 5.95 Å². The first-order chi connectivity index (χ1) is 11.2. The standard InChI is InChI=1S/C17H19ClN4O/c1-2-23-15-13(18)10-20-16(21-15)22-11-17(6-4-7-17)14(22)12-5-3-8-19-9-12/h3,5,8-10,14H,2,4,6-7,11H2,1H3. The molecule has 5 nitrogen and oxygen atoms in total. The van der Waals surface area contributed by atoms with Crippen molar-refractivity contribution in [2.24, 2.45) is 5.41 Å². The van der Waals surface area contributed by atoms with E-state index in [1.807, 2.05) is 25.4 Å². The van der Waals surface area contributed by atoms with Crippen LogP contribution in [0.2, 0.25) is 5.02 Å². The molecule has 0 aromatic carbocycles. The highest BCUT2D eigenvalue weighted by molar-refractivity contribution is 6.31. The topological polar surface area (TPSA) is 51.1 Å². The van der Waals surface area contributed by atoms with Gasteiger partial charge in [0.25, 0.3) is 0 Å². The average Bonchev–Trinajstić information content (AvgIpc) is 2.49. The van der Waals surface area contributed by atoms with Gasteiger partial charge in [-0.1, -0.05) is 24.1 Å². The molecule has 120 valence electrons. The monoisotopic (exact) mass is 330 g/mol. The highest BCUT2D eigenvalue weighted by Crippen LogP contribution is 2.60. The summed E-state index contributed by atoms with van der Waals surface area (Å²) in [5.41, 5.74) is 1.59. The molecule has 0 N–H and O–H groups in total. The molecule has 1 saturated heterocycles. The minimum Gasteiger partial charge on any atom is -0.477 e. The van der Waals surface area contributed by atoms with Crippen molar-refractivity contribution in [1.29, 1.82) is 0 Å². The molecule has 0 bridgehead atoms. The number of ether oxygens (including phenoxy) is 1. The summed E-state index contributed by atoms with van der Waals surface area (Å²) in [6, 6.07) is 4.43. The Morgan fingerprint density at radius 2 is 2.26 bits per heavy atom. The third-order valence-electron chi connectivity index (χ3n) is 4.96. The van der Waals surface area contributed by atoms with Crippen LogP contribution in [0.25, 0.3) is 0 Å². The number of aromatic nitrogens is 3. The van der Waals surface area contributed by atoms with E-state index in [9.17, 15) is 0 Å². The van der Waals surface area contributed by atoms with Crippen molar-refractivity contribution in [1.82, 2.24) is 15.0 Å². The molecule has 2 aromatic heterocycles. The van der Waals surface area contributed by atoms with Gasteiger partial charge in [0.15, 0.2) is 0 Å². The molecule has 1 aliphatic carbocycles. The molecule has 1 unspecified atom stereocenters. The van der Waals surface area contributed by atoms with Gasteiger partial charge in [0.1, 0.15) is 5.02 Å². The van der Waals surface area contributed by atoms with Gasteiger partial charge in [0, 0.05) is 24.4 Å². The summed E-state index contributed by atoms with van der Waals surface area (Å²) in [4.78, 5) is 15.5. The molecule has 0 amide bonds. The van der Waals surface area contributed by atoms with E-state index < -0.39 is 0 Å². The molecule has 2 aliphatic rings. The first kappa shape index (κ1) is 14.7. The predicted octanol–water partition coefficient (Wildman–Crippen LogP) is 3.66. The minimum absolute atomic E-state index is 0.292. The summed E-state index contributed by atoms with van der Waals surface area (Å²) in [7, 11) is 0. The SMILES string of the molecule is CCOc1nc(N2CC3(CCC3)C2c2cccnc2)ncc1Cl. The van der Waals surface area contributed by atoms with Crippen molar-refractivity contribution in [3.63, 3.8) is 0 Å². The quantitative estimate of drug-likeness (QED) is 0.856. The van der Waals surface area contributed by atoms with Crippen LogP contribution in [0, 0.1) is 5.41 Å². The molecule has 3 heterocycles. The third kappa shape index (κ3) is 2.34. The number of hydrogen-bond donors (Lipinski definition) is 0. The second-order valence-electron chi connectivity index (χ2n) is 6.29. The highest BCUT2D eigenvalue weighted by Gasteiger charge is 2.57. The zero-order valence-corrected chi connectivity index (χ0v) is 13.8. The fraction of sp³-hybridized carbons (Fsp3) is 0.471. The van der Waals surface area contributed by atoms with Crippen LogP contribution in [-0.4, -0.2) is 28.1 Å². The number of halogens is 1. The molecule has 1 saturated carbocycles. The number of nitrogens with zero attached hydrogens (tertiary/aromatic N) is 4. The van der Waals surface area contributed by atoms with Crippen molar-refractivity contribution < 1.29 is 4.74 Å². The van der Waals surface area contributed by atoms with Gasteiger partial charge in [-0.3, -0.25) is 4.98 Å². The van der Waals surface area contributed by atoms with Crippen LogP contribution in [0.15, 0.2) is 30.7 Å². The maximum absolute atomic E-state index is 6.11. The third-order valence-corrected chi connectivity index (χ3v) is 5.22. The summed E-state index contributed by atoms with van der Waals surface area (Å²) < 4.78 is 5.51. The number of anilines is 1. The summed E-state index contributed by atoms with van der Waals surface area (Å²) in [6.07, 6.45) is 9.21. The Bertz CT molecular complexity index is 705. The predicted molar refractivity (Wildman–Crippen MR) is 88.8 cm³/mol. The van der Waals surface area contributed by atoms with E-state index in [1.54, 1.807) is 6.20 Å². The molecule has 2 aromatic rings. The van der Waals surface area contributed by atoms with E-state index in [4.69, 9.17) is 16.3 Å². The lowest BCUT2D eigenvalue weighted by Crippen LogP contribution is -2.62. The molecule has 1 spiro atoms. The zero-order valence-electron chi connectivity index (χ0n) is 13.1. The largest absolute Gasteiger partial charge is 0.477 e. The van der Waals surface area contributed by atoms with Gasteiger partial charge in [0.05, 0.1) is 18.8 Å². The van der Waals surface area contributed by atoms with Crippen molar-refractivity contribution >= 4 is 17.5 Å². The van der Waals surface area contributed by atoms with Crippen LogP contribution in [0.1, 0.15) is 37.8 Å². The summed E-state index contributed by atoms with van der Waals surface area (Å²) in [6.45, 7) is 3.44. The maximum atomic E-state index is 6.11.